The fourth-order valence-corrected chi connectivity index (χ4v) is 3.07. The monoisotopic (exact) mass is 276 g/mol. The van der Waals surface area contributed by atoms with Crippen LogP contribution in [-0.2, 0) is 0 Å². The van der Waals surface area contributed by atoms with Gasteiger partial charge in [0.05, 0.1) is 37.9 Å². The Morgan fingerprint density at radius 2 is 1.75 bits per heavy atom. The Hall–Kier alpha value is -1.91. The van der Waals surface area contributed by atoms with Gasteiger partial charge in [-0.15, -0.1) is 4.68 Å². The molecule has 1 aromatic heterocycles. The van der Waals surface area contributed by atoms with E-state index in [2.05, 4.69) is 0 Å². The molecule has 1 aliphatic rings. The minimum absolute atomic E-state index is 0.311. The van der Waals surface area contributed by atoms with Crippen LogP contribution >= 0.6 is 0 Å². The molecule has 0 atom stereocenters. The number of rotatable bonds is 3. The summed E-state index contributed by atoms with van der Waals surface area (Å²) in [6.07, 6.45) is 7.77. The van der Waals surface area contributed by atoms with Crippen molar-refractivity contribution in [3.05, 3.63) is 23.5 Å². The van der Waals surface area contributed by atoms with Crippen molar-refractivity contribution in [2.45, 2.75) is 38.1 Å². The number of hydrogen-bond acceptors (Lipinski definition) is 3. The van der Waals surface area contributed by atoms with E-state index in [1.165, 1.54) is 19.3 Å². The van der Waals surface area contributed by atoms with Gasteiger partial charge >= 0.3 is 0 Å². The Bertz CT molecular complexity index is 615. The van der Waals surface area contributed by atoms with Crippen molar-refractivity contribution >= 4 is 10.9 Å². The summed E-state index contributed by atoms with van der Waals surface area (Å²) in [5.41, 5.74) is 0.633. The molecule has 0 radical (unpaired) electrons. The second-order valence-corrected chi connectivity index (χ2v) is 5.34. The summed E-state index contributed by atoms with van der Waals surface area (Å²) in [6.45, 7) is 0. The summed E-state index contributed by atoms with van der Waals surface area (Å²) in [5.74, 6) is 1.24. The van der Waals surface area contributed by atoms with Crippen LogP contribution in [0.4, 0.5) is 0 Å². The lowest BCUT2D eigenvalue weighted by atomic mass is 9.96. The van der Waals surface area contributed by atoms with Crippen LogP contribution in [0.15, 0.2) is 18.3 Å². The van der Waals surface area contributed by atoms with Crippen LogP contribution in [0.3, 0.4) is 0 Å². The molecule has 108 valence electrons. The normalized spacial score (nSPS) is 16.5. The topological polar surface area (TPSA) is 50.3 Å². The number of methoxy groups -OCH3 is 2. The predicted molar refractivity (Wildman–Crippen MR) is 76.1 cm³/mol. The molecule has 1 fully saturated rings. The van der Waals surface area contributed by atoms with Gasteiger partial charge in [-0.25, -0.2) is 0 Å². The molecule has 0 bridgehead atoms. The molecule has 0 N–H and O–H groups in total. The van der Waals surface area contributed by atoms with E-state index in [-0.39, 0.29) is 0 Å². The summed E-state index contributed by atoms with van der Waals surface area (Å²) >= 11 is 0. The average Bonchev–Trinajstić information content (AvgIpc) is 2.83. The molecule has 2 aromatic rings. The number of nitrogens with zero attached hydrogens (tertiary/aromatic N) is 2. The summed E-state index contributed by atoms with van der Waals surface area (Å²) in [4.78, 5) is 0.993. The summed E-state index contributed by atoms with van der Waals surface area (Å²) in [7, 11) is 3.18. The first-order valence-electron chi connectivity index (χ1n) is 7.11. The zero-order valence-electron chi connectivity index (χ0n) is 12.0. The number of hydrogen-bond donors (Lipinski definition) is 0. The fraction of sp³-hybridized carbons (Fsp3) is 0.533. The van der Waals surface area contributed by atoms with Crippen LogP contribution in [0, 0.1) is 5.21 Å². The standard InChI is InChI=1S/C15H20N2O3/c1-19-14-8-11-10-16(12-6-4-3-5-7-12)17(18)13(11)9-15(14)20-2/h8-10,12H,3-7H2,1-2H3. The van der Waals surface area contributed by atoms with Gasteiger partial charge < -0.3 is 14.7 Å². The summed E-state index contributed by atoms with van der Waals surface area (Å²) in [5, 5.41) is 13.4. The Labute approximate surface area is 118 Å². The molecule has 1 aliphatic carbocycles. The maximum absolute atomic E-state index is 12.5. The summed E-state index contributed by atoms with van der Waals surface area (Å²) < 4.78 is 12.4. The Balaban J connectivity index is 2.08. The molecule has 0 spiro atoms. The lowest BCUT2D eigenvalue weighted by Gasteiger charge is -2.20. The second-order valence-electron chi connectivity index (χ2n) is 5.34. The van der Waals surface area contributed by atoms with Crippen molar-refractivity contribution in [3.63, 3.8) is 0 Å². The maximum Gasteiger partial charge on any atom is 0.255 e. The van der Waals surface area contributed by atoms with Gasteiger partial charge in [-0.05, 0) is 18.9 Å². The van der Waals surface area contributed by atoms with Gasteiger partial charge in [-0.3, -0.25) is 0 Å². The minimum atomic E-state index is 0.311. The maximum atomic E-state index is 12.5. The smallest absolute Gasteiger partial charge is 0.255 e. The van der Waals surface area contributed by atoms with Crippen LogP contribution in [-0.4, -0.2) is 18.9 Å². The lowest BCUT2D eigenvalue weighted by Crippen LogP contribution is -2.40. The van der Waals surface area contributed by atoms with E-state index in [9.17, 15) is 5.21 Å². The van der Waals surface area contributed by atoms with E-state index >= 15 is 0 Å². The highest BCUT2D eigenvalue weighted by molar-refractivity contribution is 5.79. The SMILES string of the molecule is COc1cc2cn(C3CCCCC3)[n+]([O-])c2cc1OC. The van der Waals surface area contributed by atoms with E-state index in [4.69, 9.17) is 9.47 Å². The van der Waals surface area contributed by atoms with Crippen LogP contribution in [0.25, 0.3) is 10.9 Å². The third-order valence-electron chi connectivity index (χ3n) is 4.17. The first-order chi connectivity index (χ1) is 9.74. The third kappa shape index (κ3) is 2.07. The molecule has 5 nitrogen and oxygen atoms in total. The first kappa shape index (κ1) is 13.1. The molecule has 0 aliphatic heterocycles. The molecular weight excluding hydrogens is 256 g/mol. The van der Waals surface area contributed by atoms with Crippen LogP contribution in [0.2, 0.25) is 0 Å². The van der Waals surface area contributed by atoms with Gasteiger partial charge in [0.2, 0.25) is 0 Å². The van der Waals surface area contributed by atoms with E-state index in [0.717, 1.165) is 23.1 Å². The number of aromatic nitrogens is 2. The van der Waals surface area contributed by atoms with Gasteiger partial charge in [0.15, 0.2) is 11.5 Å². The van der Waals surface area contributed by atoms with E-state index in [0.29, 0.717) is 23.1 Å². The van der Waals surface area contributed by atoms with Crippen molar-refractivity contribution in [2.24, 2.45) is 0 Å². The molecule has 5 heteroatoms. The Morgan fingerprint density at radius 1 is 1.10 bits per heavy atom. The van der Waals surface area contributed by atoms with Gasteiger partial charge in [0.25, 0.3) is 5.52 Å². The predicted octanol–water partition coefficient (Wildman–Crippen LogP) is 2.80. The number of benzene rings is 1. The molecule has 1 aromatic carbocycles. The molecule has 0 unspecified atom stereocenters. The highest BCUT2D eigenvalue weighted by atomic mass is 16.5. The van der Waals surface area contributed by atoms with E-state index < -0.39 is 0 Å². The zero-order valence-corrected chi connectivity index (χ0v) is 12.0. The second kappa shape index (κ2) is 5.23. The average molecular weight is 276 g/mol. The van der Waals surface area contributed by atoms with Gasteiger partial charge in [0.1, 0.15) is 0 Å². The highest BCUT2D eigenvalue weighted by Gasteiger charge is 2.24. The van der Waals surface area contributed by atoms with E-state index in [1.807, 2.05) is 16.9 Å². The molecule has 0 saturated heterocycles. The van der Waals surface area contributed by atoms with Crippen LogP contribution < -0.4 is 14.3 Å². The van der Waals surface area contributed by atoms with E-state index in [1.54, 1.807) is 20.3 Å². The van der Waals surface area contributed by atoms with Gasteiger partial charge in [0, 0.05) is 0 Å². The molecular formula is C15H20N2O3. The zero-order chi connectivity index (χ0) is 14.1. The van der Waals surface area contributed by atoms with Crippen molar-refractivity contribution < 1.29 is 14.3 Å². The molecule has 0 amide bonds. The van der Waals surface area contributed by atoms with Crippen molar-refractivity contribution in [3.8, 4) is 11.5 Å². The molecule has 3 rings (SSSR count). The molecule has 1 heterocycles. The van der Waals surface area contributed by atoms with Crippen molar-refractivity contribution in [2.75, 3.05) is 14.2 Å². The molecule has 1 saturated carbocycles. The number of fused-ring (bicyclic) bond motifs is 1. The quantitative estimate of drug-likeness (QED) is 0.640. The van der Waals surface area contributed by atoms with Crippen LogP contribution in [0.1, 0.15) is 38.1 Å². The summed E-state index contributed by atoms with van der Waals surface area (Å²) in [6, 6.07) is 3.92. The first-order valence-corrected chi connectivity index (χ1v) is 7.11. The van der Waals surface area contributed by atoms with Crippen LogP contribution in [0.5, 0.6) is 11.5 Å². The van der Waals surface area contributed by atoms with Crippen molar-refractivity contribution in [1.29, 1.82) is 0 Å². The number of ether oxygens (including phenoxy) is 2. The third-order valence-corrected chi connectivity index (χ3v) is 4.17. The van der Waals surface area contributed by atoms with Gasteiger partial charge in [-0.1, -0.05) is 24.1 Å². The highest BCUT2D eigenvalue weighted by Crippen LogP contribution is 2.33. The Morgan fingerprint density at radius 3 is 2.40 bits per heavy atom. The lowest BCUT2D eigenvalue weighted by molar-refractivity contribution is -0.674. The fourth-order valence-electron chi connectivity index (χ4n) is 3.07. The van der Waals surface area contributed by atoms with Crippen molar-refractivity contribution in [1.82, 2.24) is 4.68 Å². The Kier molecular flexibility index (Phi) is 3.42. The van der Waals surface area contributed by atoms with Gasteiger partial charge in [-0.2, -0.15) is 0 Å². The largest absolute Gasteiger partial charge is 0.595 e. The molecule has 20 heavy (non-hydrogen) atoms. The minimum Gasteiger partial charge on any atom is -0.595 e.